The van der Waals surface area contributed by atoms with E-state index in [-0.39, 0.29) is 36.2 Å². The molecule has 3 amide bonds. The van der Waals surface area contributed by atoms with Gasteiger partial charge in [-0.15, -0.1) is 0 Å². The number of benzene rings is 2. The monoisotopic (exact) mass is 483 g/mol. The average molecular weight is 484 g/mol. The number of amides is 3. The van der Waals surface area contributed by atoms with Crippen LogP contribution in [0.15, 0.2) is 48.5 Å². The van der Waals surface area contributed by atoms with Crippen molar-refractivity contribution in [2.75, 3.05) is 30.1 Å². The lowest BCUT2D eigenvalue weighted by Gasteiger charge is -2.26. The van der Waals surface area contributed by atoms with Crippen molar-refractivity contribution in [3.63, 3.8) is 0 Å². The lowest BCUT2D eigenvalue weighted by molar-refractivity contribution is -0.151. The van der Waals surface area contributed by atoms with Crippen molar-refractivity contribution in [2.24, 2.45) is 0 Å². The van der Waals surface area contributed by atoms with E-state index in [0.29, 0.717) is 5.75 Å². The van der Waals surface area contributed by atoms with E-state index in [1.807, 2.05) is 12.3 Å². The van der Waals surface area contributed by atoms with Gasteiger partial charge in [-0.1, -0.05) is 24.3 Å². The van der Waals surface area contributed by atoms with Crippen LogP contribution in [-0.2, 0) is 14.3 Å². The Labute approximate surface area is 200 Å². The number of carbonyl (C=O) groups excluding carboxylic acids is 4. The Balaban J connectivity index is 1.76. The molecule has 0 fully saturated rings. The maximum absolute atomic E-state index is 14.2. The lowest BCUT2D eigenvalue weighted by atomic mass is 10.1. The zero-order valence-electron chi connectivity index (χ0n) is 18.4. The summed E-state index contributed by atoms with van der Waals surface area (Å²) >= 11 is 1.43. The Morgan fingerprint density at radius 2 is 1.74 bits per heavy atom. The van der Waals surface area contributed by atoms with Gasteiger partial charge in [0, 0.05) is 6.54 Å². The predicted molar refractivity (Wildman–Crippen MR) is 124 cm³/mol. The first-order chi connectivity index (χ1) is 16.4. The smallest absolute Gasteiger partial charge is 0.329 e. The molecule has 0 radical (unpaired) electrons. The van der Waals surface area contributed by atoms with Crippen LogP contribution in [0.5, 0.6) is 0 Å². The van der Waals surface area contributed by atoms with Crippen LogP contribution >= 0.6 is 11.8 Å². The van der Waals surface area contributed by atoms with Gasteiger partial charge in [-0.25, -0.2) is 9.18 Å². The van der Waals surface area contributed by atoms with Gasteiger partial charge in [0.15, 0.2) is 6.61 Å². The largest absolute Gasteiger partial charge is 0.454 e. The summed E-state index contributed by atoms with van der Waals surface area (Å²) in [6.45, 7) is -0.834. The second kappa shape index (κ2) is 11.4. The Kier molecular flexibility index (Phi) is 8.38. The predicted octanol–water partition coefficient (Wildman–Crippen LogP) is 3.03. The molecular formula is C24H22FN3O5S. The molecule has 1 aliphatic rings. The van der Waals surface area contributed by atoms with E-state index in [9.17, 15) is 23.6 Å². The molecule has 0 bridgehead atoms. The molecule has 0 saturated carbocycles. The number of esters is 1. The number of imide groups is 1. The normalized spacial score (nSPS) is 13.3. The molecule has 0 aromatic heterocycles. The third kappa shape index (κ3) is 5.26. The minimum absolute atomic E-state index is 0.0434. The van der Waals surface area contributed by atoms with Crippen LogP contribution in [0.25, 0.3) is 0 Å². The Morgan fingerprint density at radius 3 is 2.32 bits per heavy atom. The molecule has 1 heterocycles. The summed E-state index contributed by atoms with van der Waals surface area (Å²) in [6, 6.07) is 12.5. The van der Waals surface area contributed by atoms with E-state index >= 15 is 0 Å². The van der Waals surface area contributed by atoms with Crippen LogP contribution < -0.4 is 4.90 Å². The summed E-state index contributed by atoms with van der Waals surface area (Å²) in [6.07, 6.45) is 1.90. The van der Waals surface area contributed by atoms with Gasteiger partial charge in [0.25, 0.3) is 17.7 Å². The molecule has 176 valence electrons. The molecule has 8 nitrogen and oxygen atoms in total. The molecule has 3 rings (SSSR count). The number of carbonyl (C=O) groups is 4. The van der Waals surface area contributed by atoms with E-state index < -0.39 is 42.2 Å². The van der Waals surface area contributed by atoms with Crippen LogP contribution in [-0.4, -0.2) is 59.8 Å². The number of fused-ring (bicyclic) bond motifs is 1. The fourth-order valence-corrected chi connectivity index (χ4v) is 4.05. The van der Waals surface area contributed by atoms with Crippen molar-refractivity contribution in [2.45, 2.75) is 18.9 Å². The summed E-state index contributed by atoms with van der Waals surface area (Å²) in [7, 11) is 0. The number of rotatable bonds is 10. The molecule has 10 heteroatoms. The summed E-state index contributed by atoms with van der Waals surface area (Å²) in [5, 5.41) is 8.89. The van der Waals surface area contributed by atoms with Crippen molar-refractivity contribution < 1.29 is 28.3 Å². The van der Waals surface area contributed by atoms with Crippen molar-refractivity contribution in [3.05, 3.63) is 65.5 Å². The summed E-state index contributed by atoms with van der Waals surface area (Å²) in [5.41, 5.74) is 0.360. The number of para-hydroxylation sites is 1. The topological polar surface area (TPSA) is 108 Å². The van der Waals surface area contributed by atoms with Gasteiger partial charge in [-0.2, -0.15) is 17.0 Å². The quantitative estimate of drug-likeness (QED) is 0.378. The standard InChI is InChI=1S/C24H22FN3O5S/c1-34-14-11-20(28-22(30)16-7-2-3-8-17(16)23(28)31)24(32)33-15-21(29)27(13-6-12-26)19-10-5-4-9-18(19)25/h2-5,7-10,20H,6,11,13-15H2,1H3/t20-/m1/s1. The third-order valence-corrected chi connectivity index (χ3v) is 5.88. The van der Waals surface area contributed by atoms with Crippen LogP contribution in [0, 0.1) is 17.1 Å². The first kappa shape index (κ1) is 24.9. The number of nitrogens with zero attached hydrogens (tertiary/aromatic N) is 3. The van der Waals surface area contributed by atoms with Crippen LogP contribution in [0.4, 0.5) is 10.1 Å². The highest BCUT2D eigenvalue weighted by Crippen LogP contribution is 2.27. The van der Waals surface area contributed by atoms with Crippen LogP contribution in [0.3, 0.4) is 0 Å². The van der Waals surface area contributed by atoms with Crippen LogP contribution in [0.1, 0.15) is 33.6 Å². The fraction of sp³-hybridized carbons (Fsp3) is 0.292. The van der Waals surface area contributed by atoms with Crippen molar-refractivity contribution >= 4 is 41.1 Å². The number of hydrogen-bond acceptors (Lipinski definition) is 7. The van der Waals surface area contributed by atoms with Crippen LogP contribution in [0.2, 0.25) is 0 Å². The molecule has 2 aromatic carbocycles. The molecule has 1 atom stereocenters. The van der Waals surface area contributed by atoms with Gasteiger partial charge in [-0.3, -0.25) is 19.3 Å². The Morgan fingerprint density at radius 1 is 1.12 bits per heavy atom. The maximum Gasteiger partial charge on any atom is 0.329 e. The fourth-order valence-electron chi connectivity index (χ4n) is 3.59. The zero-order valence-corrected chi connectivity index (χ0v) is 19.2. The maximum atomic E-state index is 14.2. The molecule has 0 spiro atoms. The van der Waals surface area contributed by atoms with E-state index in [0.717, 1.165) is 9.80 Å². The minimum atomic E-state index is -1.21. The summed E-state index contributed by atoms with van der Waals surface area (Å²) in [4.78, 5) is 53.3. The molecule has 2 aromatic rings. The van der Waals surface area contributed by atoms with E-state index in [4.69, 9.17) is 10.00 Å². The zero-order chi connectivity index (χ0) is 24.7. The highest BCUT2D eigenvalue weighted by molar-refractivity contribution is 7.98. The van der Waals surface area contributed by atoms with E-state index in [1.54, 1.807) is 12.1 Å². The number of hydrogen-bond donors (Lipinski definition) is 0. The van der Waals surface area contributed by atoms with Crippen molar-refractivity contribution in [1.29, 1.82) is 5.26 Å². The summed E-state index contributed by atoms with van der Waals surface area (Å²) < 4.78 is 19.4. The first-order valence-electron chi connectivity index (χ1n) is 10.4. The second-order valence-electron chi connectivity index (χ2n) is 7.34. The number of nitriles is 1. The van der Waals surface area contributed by atoms with Crippen molar-refractivity contribution in [3.8, 4) is 6.07 Å². The Bertz CT molecular complexity index is 1110. The number of ether oxygens (including phenoxy) is 1. The van der Waals surface area contributed by atoms with Gasteiger partial charge in [0.05, 0.1) is 29.3 Å². The number of halogens is 1. The average Bonchev–Trinajstić information content (AvgIpc) is 3.09. The highest BCUT2D eigenvalue weighted by Gasteiger charge is 2.43. The van der Waals surface area contributed by atoms with Gasteiger partial charge >= 0.3 is 5.97 Å². The molecular weight excluding hydrogens is 461 g/mol. The summed E-state index contributed by atoms with van der Waals surface area (Å²) in [5.74, 6) is -3.05. The Hall–Kier alpha value is -3.71. The van der Waals surface area contributed by atoms with Gasteiger partial charge < -0.3 is 9.64 Å². The highest BCUT2D eigenvalue weighted by atomic mass is 32.2. The molecule has 0 aliphatic carbocycles. The molecule has 0 saturated heterocycles. The molecule has 0 unspecified atom stereocenters. The van der Waals surface area contributed by atoms with E-state index in [2.05, 4.69) is 0 Å². The van der Waals surface area contributed by atoms with Gasteiger partial charge in [0.2, 0.25) is 0 Å². The first-order valence-corrected chi connectivity index (χ1v) is 11.8. The minimum Gasteiger partial charge on any atom is -0.454 e. The molecule has 34 heavy (non-hydrogen) atoms. The SMILES string of the molecule is CSCC[C@H](C(=O)OCC(=O)N(CCC#N)c1ccccc1F)N1C(=O)c2ccccc2C1=O. The molecule has 0 N–H and O–H groups in total. The molecule has 1 aliphatic heterocycles. The third-order valence-electron chi connectivity index (χ3n) is 5.23. The van der Waals surface area contributed by atoms with Gasteiger partial charge in [0.1, 0.15) is 11.9 Å². The second-order valence-corrected chi connectivity index (χ2v) is 8.32. The van der Waals surface area contributed by atoms with Crippen molar-refractivity contribution in [1.82, 2.24) is 4.90 Å². The van der Waals surface area contributed by atoms with Gasteiger partial charge in [-0.05, 0) is 42.7 Å². The van der Waals surface area contributed by atoms with E-state index in [1.165, 1.54) is 48.2 Å². The lowest BCUT2D eigenvalue weighted by Crippen LogP contribution is -2.47. The number of thioether (sulfide) groups is 1. The number of anilines is 1.